The Labute approximate surface area is 176 Å². The van der Waals surface area contributed by atoms with E-state index in [1.54, 1.807) is 25.1 Å². The molecule has 10 nitrogen and oxygen atoms in total. The van der Waals surface area contributed by atoms with Gasteiger partial charge in [0.2, 0.25) is 5.91 Å². The molecule has 1 aromatic heterocycles. The maximum Gasteiger partial charge on any atom is 0.337 e. The van der Waals surface area contributed by atoms with Gasteiger partial charge in [0.25, 0.3) is 5.91 Å². The van der Waals surface area contributed by atoms with Crippen LogP contribution in [0, 0.1) is 4.91 Å². The number of nitrogens with one attached hydrogen (secondary N) is 2. The molecule has 1 atom stereocenters. The number of benzene rings is 1. The van der Waals surface area contributed by atoms with Crippen molar-refractivity contribution in [1.82, 2.24) is 5.32 Å². The van der Waals surface area contributed by atoms with E-state index in [2.05, 4.69) is 15.8 Å². The third-order valence-corrected chi connectivity index (χ3v) is 4.89. The Balaban J connectivity index is 2.40. The second-order valence-corrected chi connectivity index (χ2v) is 6.90. The van der Waals surface area contributed by atoms with E-state index < -0.39 is 23.8 Å². The van der Waals surface area contributed by atoms with Crippen LogP contribution >= 0.6 is 11.3 Å². The standard InChI is InChI=1S/C19H21N3O7S/c1-4-29-15-7-11(5-6-14(15)28-3)13(8-20-27)22-17(24)16-12(19(25)26)9-30-18(16)21-10(2)23/h5-7,9,13H,4,8H2,1-3H3,(H,21,23)(H,22,24)(H,25,26). The number of hydrogen-bond donors (Lipinski definition) is 3. The maximum atomic E-state index is 12.9. The highest BCUT2D eigenvalue weighted by Gasteiger charge is 2.26. The molecule has 0 fully saturated rings. The number of hydrogen-bond acceptors (Lipinski definition) is 8. The minimum Gasteiger partial charge on any atom is -0.493 e. The van der Waals surface area contributed by atoms with Crippen LogP contribution in [0.2, 0.25) is 0 Å². The number of rotatable bonds is 10. The van der Waals surface area contributed by atoms with Gasteiger partial charge in [-0.2, -0.15) is 4.91 Å². The molecule has 2 rings (SSSR count). The lowest BCUT2D eigenvalue weighted by Gasteiger charge is -2.19. The normalized spacial score (nSPS) is 11.3. The molecule has 30 heavy (non-hydrogen) atoms. The fourth-order valence-corrected chi connectivity index (χ4v) is 3.69. The summed E-state index contributed by atoms with van der Waals surface area (Å²) >= 11 is 0.916. The van der Waals surface area contributed by atoms with E-state index in [9.17, 15) is 24.4 Å². The summed E-state index contributed by atoms with van der Waals surface area (Å²) in [5, 5.41) is 18.7. The highest BCUT2D eigenvalue weighted by molar-refractivity contribution is 7.15. The summed E-state index contributed by atoms with van der Waals surface area (Å²) in [5.41, 5.74) is 0.0568. The van der Waals surface area contributed by atoms with Crippen molar-refractivity contribution >= 4 is 34.1 Å². The first-order valence-electron chi connectivity index (χ1n) is 8.85. The van der Waals surface area contributed by atoms with Crippen molar-refractivity contribution in [3.63, 3.8) is 0 Å². The number of anilines is 1. The fourth-order valence-electron chi connectivity index (χ4n) is 2.71. The molecule has 160 valence electrons. The predicted molar refractivity (Wildman–Crippen MR) is 111 cm³/mol. The molecule has 11 heteroatoms. The third kappa shape index (κ3) is 5.32. The Morgan fingerprint density at radius 3 is 2.57 bits per heavy atom. The average Bonchev–Trinajstić information content (AvgIpc) is 3.11. The van der Waals surface area contributed by atoms with E-state index in [1.165, 1.54) is 19.4 Å². The smallest absolute Gasteiger partial charge is 0.337 e. The largest absolute Gasteiger partial charge is 0.493 e. The van der Waals surface area contributed by atoms with Gasteiger partial charge < -0.3 is 25.2 Å². The van der Waals surface area contributed by atoms with Crippen LogP contribution < -0.4 is 20.1 Å². The van der Waals surface area contributed by atoms with E-state index in [1.807, 2.05) is 0 Å². The first kappa shape index (κ1) is 22.8. The number of methoxy groups -OCH3 is 1. The first-order valence-corrected chi connectivity index (χ1v) is 9.73. The van der Waals surface area contributed by atoms with E-state index in [0.717, 1.165) is 11.3 Å². The van der Waals surface area contributed by atoms with Crippen LogP contribution in [-0.4, -0.2) is 43.2 Å². The van der Waals surface area contributed by atoms with Crippen LogP contribution in [0.1, 0.15) is 46.2 Å². The molecule has 0 spiro atoms. The van der Waals surface area contributed by atoms with Crippen LogP contribution in [0.5, 0.6) is 11.5 Å². The van der Waals surface area contributed by atoms with Crippen molar-refractivity contribution in [3.8, 4) is 11.5 Å². The summed E-state index contributed by atoms with van der Waals surface area (Å²) in [6.45, 7) is 3.12. The molecular weight excluding hydrogens is 414 g/mol. The number of carbonyl (C=O) groups is 3. The SMILES string of the molecule is CCOc1cc(C(CN=O)NC(=O)c2c(C(=O)O)csc2NC(C)=O)ccc1OC. The van der Waals surface area contributed by atoms with Crippen molar-refractivity contribution in [2.45, 2.75) is 19.9 Å². The average molecular weight is 435 g/mol. The highest BCUT2D eigenvalue weighted by Crippen LogP contribution is 2.32. The molecule has 0 radical (unpaired) electrons. The molecule has 0 saturated heterocycles. The van der Waals surface area contributed by atoms with Gasteiger partial charge >= 0.3 is 5.97 Å². The van der Waals surface area contributed by atoms with E-state index in [0.29, 0.717) is 23.7 Å². The second kappa shape index (κ2) is 10.3. The molecule has 1 aromatic carbocycles. The summed E-state index contributed by atoms with van der Waals surface area (Å²) in [4.78, 5) is 46.8. The number of carboxylic acids is 1. The van der Waals surface area contributed by atoms with E-state index in [4.69, 9.17) is 9.47 Å². The molecular formula is C19H21N3O7S. The Morgan fingerprint density at radius 1 is 1.27 bits per heavy atom. The monoisotopic (exact) mass is 435 g/mol. The number of aromatic carboxylic acids is 1. The number of thiophene rings is 1. The number of amides is 2. The molecule has 0 bridgehead atoms. The van der Waals surface area contributed by atoms with Gasteiger partial charge in [-0.1, -0.05) is 11.2 Å². The molecule has 0 aliphatic rings. The Kier molecular flexibility index (Phi) is 7.87. The van der Waals surface area contributed by atoms with Gasteiger partial charge in [0.1, 0.15) is 11.5 Å². The lowest BCUT2D eigenvalue weighted by Crippen LogP contribution is -2.31. The summed E-state index contributed by atoms with van der Waals surface area (Å²) in [6.07, 6.45) is 0. The molecule has 0 aliphatic heterocycles. The number of nitrogens with zero attached hydrogens (tertiary/aromatic N) is 1. The molecule has 0 saturated carbocycles. The van der Waals surface area contributed by atoms with Gasteiger partial charge in [-0.15, -0.1) is 11.3 Å². The Hall–Kier alpha value is -3.47. The fraction of sp³-hybridized carbons (Fsp3) is 0.316. The Morgan fingerprint density at radius 2 is 2.00 bits per heavy atom. The van der Waals surface area contributed by atoms with Crippen LogP contribution in [0.3, 0.4) is 0 Å². The quantitative estimate of drug-likeness (QED) is 0.487. The lowest BCUT2D eigenvalue weighted by molar-refractivity contribution is -0.114. The van der Waals surface area contributed by atoms with Crippen molar-refractivity contribution in [3.05, 3.63) is 45.2 Å². The van der Waals surface area contributed by atoms with Gasteiger partial charge in [-0.3, -0.25) is 9.59 Å². The second-order valence-electron chi connectivity index (χ2n) is 6.02. The van der Waals surface area contributed by atoms with Gasteiger partial charge in [-0.05, 0) is 24.6 Å². The molecule has 2 amide bonds. The molecule has 2 aromatic rings. The van der Waals surface area contributed by atoms with Crippen LogP contribution in [0.4, 0.5) is 5.00 Å². The van der Waals surface area contributed by atoms with Crippen molar-refractivity contribution in [1.29, 1.82) is 0 Å². The van der Waals surface area contributed by atoms with Crippen molar-refractivity contribution in [2.75, 3.05) is 25.6 Å². The number of carboxylic acid groups (broad SMARTS) is 1. The number of ether oxygens (including phenoxy) is 2. The van der Waals surface area contributed by atoms with Crippen molar-refractivity contribution in [2.24, 2.45) is 5.18 Å². The van der Waals surface area contributed by atoms with E-state index in [-0.39, 0.29) is 22.7 Å². The molecule has 1 heterocycles. The minimum atomic E-state index is -1.32. The van der Waals surface area contributed by atoms with Crippen LogP contribution in [0.25, 0.3) is 0 Å². The predicted octanol–water partition coefficient (Wildman–Crippen LogP) is 3.05. The molecule has 0 aliphatic carbocycles. The summed E-state index contributed by atoms with van der Waals surface area (Å²) in [5.74, 6) is -1.64. The first-order chi connectivity index (χ1) is 14.3. The van der Waals surface area contributed by atoms with Gasteiger partial charge in [-0.25, -0.2) is 4.79 Å². The summed E-state index contributed by atoms with van der Waals surface area (Å²) in [6, 6.07) is 4.02. The van der Waals surface area contributed by atoms with E-state index >= 15 is 0 Å². The zero-order valence-electron chi connectivity index (χ0n) is 16.6. The topological polar surface area (TPSA) is 143 Å². The van der Waals surface area contributed by atoms with Crippen molar-refractivity contribution < 1.29 is 29.0 Å². The summed E-state index contributed by atoms with van der Waals surface area (Å²) in [7, 11) is 1.48. The zero-order valence-corrected chi connectivity index (χ0v) is 17.4. The van der Waals surface area contributed by atoms with Gasteiger partial charge in [0.15, 0.2) is 11.5 Å². The Bertz CT molecular complexity index is 958. The van der Waals surface area contributed by atoms with Gasteiger partial charge in [0, 0.05) is 12.3 Å². The van der Waals surface area contributed by atoms with Crippen LogP contribution in [0.15, 0.2) is 28.8 Å². The third-order valence-electron chi connectivity index (χ3n) is 3.99. The number of nitroso groups, excluding NO2 is 1. The molecule has 3 N–H and O–H groups in total. The number of carbonyl (C=O) groups excluding carboxylic acids is 2. The van der Waals surface area contributed by atoms with Gasteiger partial charge in [0.05, 0.1) is 30.9 Å². The molecule has 1 unspecified atom stereocenters. The van der Waals surface area contributed by atoms with Crippen LogP contribution in [-0.2, 0) is 4.79 Å². The zero-order chi connectivity index (χ0) is 22.3. The summed E-state index contributed by atoms with van der Waals surface area (Å²) < 4.78 is 10.7. The minimum absolute atomic E-state index is 0.0972. The maximum absolute atomic E-state index is 12.9. The lowest BCUT2D eigenvalue weighted by atomic mass is 10.0. The highest BCUT2D eigenvalue weighted by atomic mass is 32.1.